The number of ether oxygens (including phenoxy) is 1. The van der Waals surface area contributed by atoms with Crippen LogP contribution in [0.25, 0.3) is 0 Å². The maximum absolute atomic E-state index is 12.1. The van der Waals surface area contributed by atoms with Crippen molar-refractivity contribution in [1.82, 2.24) is 0 Å². The first-order chi connectivity index (χ1) is 10.9. The largest absolute Gasteiger partial charge is 0.504 e. The van der Waals surface area contributed by atoms with Crippen LogP contribution >= 0.6 is 0 Å². The number of benzene rings is 2. The molecule has 0 saturated carbocycles. The lowest BCUT2D eigenvalue weighted by atomic mass is 10.1. The molecular weight excluding hydrogens is 304 g/mol. The zero-order valence-corrected chi connectivity index (χ0v) is 12.1. The van der Waals surface area contributed by atoms with E-state index in [4.69, 9.17) is 4.74 Å². The van der Waals surface area contributed by atoms with E-state index in [2.05, 4.69) is 5.32 Å². The lowest BCUT2D eigenvalue weighted by Gasteiger charge is -2.08. The van der Waals surface area contributed by atoms with Gasteiger partial charge >= 0.3 is 5.69 Å². The number of nitrogens with one attached hydrogen (secondary N) is 1. The van der Waals surface area contributed by atoms with Crippen LogP contribution in [0.1, 0.15) is 10.4 Å². The van der Waals surface area contributed by atoms with Crippen molar-refractivity contribution in [3.63, 3.8) is 0 Å². The van der Waals surface area contributed by atoms with Crippen LogP contribution < -0.4 is 10.1 Å². The molecule has 0 atom stereocenters. The monoisotopic (exact) mass is 318 g/mol. The van der Waals surface area contributed by atoms with E-state index < -0.39 is 27.9 Å². The molecule has 0 amide bonds. The van der Waals surface area contributed by atoms with Gasteiger partial charge in [0.15, 0.2) is 11.5 Å². The Morgan fingerprint density at radius 3 is 2.48 bits per heavy atom. The number of hydrogen-bond acceptors (Lipinski definition) is 7. The summed E-state index contributed by atoms with van der Waals surface area (Å²) in [7, 11) is 1.54. The molecule has 0 aromatic heterocycles. The molecule has 0 unspecified atom stereocenters. The summed E-state index contributed by atoms with van der Waals surface area (Å²) in [4.78, 5) is 22.0. The minimum atomic E-state index is -0.872. The van der Waals surface area contributed by atoms with E-state index in [0.29, 0.717) is 11.4 Å². The zero-order valence-electron chi connectivity index (χ0n) is 12.1. The van der Waals surface area contributed by atoms with Crippen molar-refractivity contribution in [1.29, 1.82) is 0 Å². The Balaban J connectivity index is 2.12. The third kappa shape index (κ3) is 3.67. The van der Waals surface area contributed by atoms with E-state index in [1.165, 1.54) is 7.11 Å². The second kappa shape index (κ2) is 6.65. The topological polar surface area (TPSA) is 122 Å². The number of carbonyl (C=O) groups is 1. The summed E-state index contributed by atoms with van der Waals surface area (Å²) in [6, 6.07) is 8.76. The molecule has 0 aliphatic rings. The highest BCUT2D eigenvalue weighted by atomic mass is 16.6. The van der Waals surface area contributed by atoms with E-state index in [1.807, 2.05) is 0 Å². The Labute approximate surface area is 131 Å². The summed E-state index contributed by atoms with van der Waals surface area (Å²) in [6.07, 6.45) is 0. The molecule has 8 heteroatoms. The maximum Gasteiger partial charge on any atom is 0.315 e. The van der Waals surface area contributed by atoms with E-state index in [0.717, 1.165) is 12.1 Å². The zero-order chi connectivity index (χ0) is 17.0. The summed E-state index contributed by atoms with van der Waals surface area (Å²) < 4.78 is 5.01. The summed E-state index contributed by atoms with van der Waals surface area (Å²) in [5.74, 6) is -1.39. The second-order valence-corrected chi connectivity index (χ2v) is 4.63. The molecule has 0 bridgehead atoms. The van der Waals surface area contributed by atoms with Crippen LogP contribution in [0.15, 0.2) is 36.4 Å². The number of nitrogens with zero attached hydrogens (tertiary/aromatic N) is 1. The number of methoxy groups -OCH3 is 1. The third-order valence-electron chi connectivity index (χ3n) is 3.13. The Morgan fingerprint density at radius 1 is 1.26 bits per heavy atom. The number of carbonyl (C=O) groups excluding carboxylic acids is 1. The molecule has 0 fully saturated rings. The van der Waals surface area contributed by atoms with Crippen LogP contribution in [0.3, 0.4) is 0 Å². The van der Waals surface area contributed by atoms with Crippen LogP contribution in [0.4, 0.5) is 11.4 Å². The fraction of sp³-hybridized carbons (Fsp3) is 0.133. The van der Waals surface area contributed by atoms with Gasteiger partial charge in [-0.2, -0.15) is 0 Å². The van der Waals surface area contributed by atoms with Crippen molar-refractivity contribution in [2.24, 2.45) is 0 Å². The number of nitro groups is 1. The van der Waals surface area contributed by atoms with Crippen LogP contribution in [-0.2, 0) is 0 Å². The first-order valence-corrected chi connectivity index (χ1v) is 6.54. The number of hydrogen-bond donors (Lipinski definition) is 3. The molecule has 0 spiro atoms. The van der Waals surface area contributed by atoms with Gasteiger partial charge in [0.1, 0.15) is 5.75 Å². The Morgan fingerprint density at radius 2 is 1.91 bits per heavy atom. The van der Waals surface area contributed by atoms with Gasteiger partial charge in [-0.1, -0.05) is 0 Å². The Hall–Kier alpha value is -3.29. The van der Waals surface area contributed by atoms with E-state index in [1.54, 1.807) is 24.3 Å². The molecule has 8 nitrogen and oxygen atoms in total. The van der Waals surface area contributed by atoms with Gasteiger partial charge in [-0.3, -0.25) is 14.9 Å². The number of rotatable bonds is 6. The lowest BCUT2D eigenvalue weighted by Crippen LogP contribution is -2.14. The summed E-state index contributed by atoms with van der Waals surface area (Å²) in [5, 5.41) is 32.5. The number of aromatic hydroxyl groups is 2. The van der Waals surface area contributed by atoms with Crippen LogP contribution in [0, 0.1) is 10.1 Å². The summed E-state index contributed by atoms with van der Waals surface area (Å²) >= 11 is 0. The smallest absolute Gasteiger partial charge is 0.315 e. The van der Waals surface area contributed by atoms with E-state index >= 15 is 0 Å². The van der Waals surface area contributed by atoms with E-state index in [9.17, 15) is 25.1 Å². The van der Waals surface area contributed by atoms with E-state index in [-0.39, 0.29) is 12.1 Å². The molecule has 2 rings (SSSR count). The SMILES string of the molecule is COc1ccc(NCC(=O)c2cc(O)c(O)c([N+](=O)[O-])c2)cc1. The van der Waals surface area contributed by atoms with Crippen molar-refractivity contribution in [2.45, 2.75) is 0 Å². The molecule has 120 valence electrons. The van der Waals surface area contributed by atoms with Gasteiger partial charge < -0.3 is 20.3 Å². The summed E-state index contributed by atoms with van der Waals surface area (Å²) in [6.45, 7) is -0.131. The molecule has 0 aliphatic carbocycles. The number of phenolic OH excluding ortho intramolecular Hbond substituents is 2. The highest BCUT2D eigenvalue weighted by Gasteiger charge is 2.21. The van der Waals surface area contributed by atoms with Gasteiger partial charge in [0, 0.05) is 17.3 Å². The molecule has 0 heterocycles. The molecular formula is C15H14N2O6. The highest BCUT2D eigenvalue weighted by molar-refractivity contribution is 6.00. The fourth-order valence-electron chi connectivity index (χ4n) is 1.90. The number of nitro benzene ring substituents is 1. The first kappa shape index (κ1) is 16.1. The van der Waals surface area contributed by atoms with Gasteiger partial charge in [-0.25, -0.2) is 0 Å². The standard InChI is InChI=1S/C15H14N2O6/c1-23-11-4-2-10(3-5-11)16-8-14(19)9-6-12(17(21)22)15(20)13(18)7-9/h2-7,16,18,20H,8H2,1H3. The van der Waals surface area contributed by atoms with Gasteiger partial charge in [-0.05, 0) is 30.3 Å². The number of ketones is 1. The predicted octanol–water partition coefficient (Wildman–Crippen LogP) is 2.31. The molecule has 0 radical (unpaired) electrons. The third-order valence-corrected chi connectivity index (χ3v) is 3.13. The van der Waals surface area contributed by atoms with Gasteiger partial charge in [0.2, 0.25) is 5.75 Å². The minimum absolute atomic E-state index is 0.0759. The number of Topliss-reactive ketones (excluding diaryl/α,β-unsaturated/α-hetero) is 1. The first-order valence-electron chi connectivity index (χ1n) is 6.54. The van der Waals surface area contributed by atoms with Gasteiger partial charge in [0.25, 0.3) is 0 Å². The number of anilines is 1. The van der Waals surface area contributed by atoms with Crippen molar-refractivity contribution in [3.8, 4) is 17.2 Å². The number of phenols is 2. The summed E-state index contributed by atoms with van der Waals surface area (Å²) in [5.41, 5.74) is -0.137. The lowest BCUT2D eigenvalue weighted by molar-refractivity contribution is -0.386. The molecule has 2 aromatic rings. The van der Waals surface area contributed by atoms with Crippen LogP contribution in [0.5, 0.6) is 17.2 Å². The van der Waals surface area contributed by atoms with Crippen LogP contribution in [0.2, 0.25) is 0 Å². The normalized spacial score (nSPS) is 10.1. The minimum Gasteiger partial charge on any atom is -0.504 e. The highest BCUT2D eigenvalue weighted by Crippen LogP contribution is 2.36. The van der Waals surface area contributed by atoms with Crippen molar-refractivity contribution in [3.05, 3.63) is 52.1 Å². The predicted molar refractivity (Wildman–Crippen MR) is 82.2 cm³/mol. The van der Waals surface area contributed by atoms with Gasteiger partial charge in [0.05, 0.1) is 18.6 Å². The molecule has 3 N–H and O–H groups in total. The maximum atomic E-state index is 12.1. The quantitative estimate of drug-likeness (QED) is 0.323. The fourth-order valence-corrected chi connectivity index (χ4v) is 1.90. The van der Waals surface area contributed by atoms with Crippen LogP contribution in [-0.4, -0.2) is 34.6 Å². The van der Waals surface area contributed by atoms with Gasteiger partial charge in [-0.15, -0.1) is 0 Å². The van der Waals surface area contributed by atoms with Crippen molar-refractivity contribution >= 4 is 17.2 Å². The Bertz CT molecular complexity index is 742. The van der Waals surface area contributed by atoms with Crippen molar-refractivity contribution < 1.29 is 24.7 Å². The molecule has 0 saturated heterocycles. The van der Waals surface area contributed by atoms with Crippen molar-refractivity contribution in [2.75, 3.05) is 19.0 Å². The average Bonchev–Trinajstić information content (AvgIpc) is 2.55. The average molecular weight is 318 g/mol. The second-order valence-electron chi connectivity index (χ2n) is 4.63. The Kier molecular flexibility index (Phi) is 4.65. The molecule has 23 heavy (non-hydrogen) atoms. The molecule has 2 aromatic carbocycles. The molecule has 0 aliphatic heterocycles.